The van der Waals surface area contributed by atoms with Crippen LogP contribution < -0.4 is 5.32 Å². The van der Waals surface area contributed by atoms with E-state index in [1.54, 1.807) is 0 Å². The molecular weight excluding hydrogens is 379 g/mol. The highest BCUT2D eigenvalue weighted by atomic mass is 19.4. The van der Waals surface area contributed by atoms with Crippen molar-refractivity contribution in [2.24, 2.45) is 7.05 Å². The summed E-state index contributed by atoms with van der Waals surface area (Å²) in [5.41, 5.74) is 2.47. The number of alkyl halides is 3. The second kappa shape index (κ2) is 7.33. The highest BCUT2D eigenvalue weighted by Crippen LogP contribution is 2.35. The minimum absolute atomic E-state index is 0.290. The molecule has 1 atom stereocenters. The van der Waals surface area contributed by atoms with Crippen molar-refractivity contribution in [3.63, 3.8) is 0 Å². The minimum atomic E-state index is -4.36. The van der Waals surface area contributed by atoms with E-state index in [2.05, 4.69) is 27.5 Å². The van der Waals surface area contributed by atoms with Crippen molar-refractivity contribution in [3.8, 4) is 11.3 Å². The van der Waals surface area contributed by atoms with Crippen LogP contribution in [0.15, 0.2) is 30.5 Å². The van der Waals surface area contributed by atoms with Gasteiger partial charge >= 0.3 is 6.18 Å². The number of likely N-dealkylation sites (N-methyl/N-ethyl adjacent to an activating group) is 1. The molecule has 0 radical (unpaired) electrons. The first-order chi connectivity index (χ1) is 13.7. The summed E-state index contributed by atoms with van der Waals surface area (Å²) in [6.45, 7) is 4.01. The summed E-state index contributed by atoms with van der Waals surface area (Å²) in [4.78, 5) is 2.29. The standard InChI is InChI=1S/C21H24F3N5/c1-13-11-29(3)19-17(13)18(14-6-8-15(9-7-14)21(22,23)24)26-27-20(19)25-16-5-4-10-28(2)12-16/h6-9,11,16H,4-5,10,12H2,1-3H3,(H,25,27)/t16-/m1/s1. The molecular formula is C21H24F3N5. The van der Waals surface area contributed by atoms with Gasteiger partial charge in [-0.3, -0.25) is 0 Å². The van der Waals surface area contributed by atoms with Crippen LogP contribution in [-0.2, 0) is 13.2 Å². The second-order valence-electron chi connectivity index (χ2n) is 7.86. The molecule has 0 spiro atoms. The Kier molecular flexibility index (Phi) is 4.98. The third-order valence-electron chi connectivity index (χ3n) is 5.53. The van der Waals surface area contributed by atoms with E-state index in [-0.39, 0.29) is 0 Å². The van der Waals surface area contributed by atoms with Crippen molar-refractivity contribution in [2.45, 2.75) is 32.0 Å². The Hall–Kier alpha value is -2.61. The molecule has 0 aliphatic carbocycles. The van der Waals surface area contributed by atoms with E-state index in [4.69, 9.17) is 0 Å². The average molecular weight is 403 g/mol. The number of benzene rings is 1. The molecule has 8 heteroatoms. The molecule has 1 aliphatic heterocycles. The van der Waals surface area contributed by atoms with Crippen molar-refractivity contribution >= 4 is 16.7 Å². The van der Waals surface area contributed by atoms with E-state index in [1.165, 1.54) is 12.1 Å². The molecule has 3 aromatic rings. The van der Waals surface area contributed by atoms with Crippen LogP contribution in [0.1, 0.15) is 24.0 Å². The van der Waals surface area contributed by atoms with Crippen LogP contribution in [0.3, 0.4) is 0 Å². The first-order valence-electron chi connectivity index (χ1n) is 9.69. The number of piperidine rings is 1. The largest absolute Gasteiger partial charge is 0.416 e. The number of halogens is 3. The summed E-state index contributed by atoms with van der Waals surface area (Å²) in [6, 6.07) is 5.39. The van der Waals surface area contributed by atoms with Gasteiger partial charge < -0.3 is 14.8 Å². The molecule has 1 N–H and O–H groups in total. The van der Waals surface area contributed by atoms with Gasteiger partial charge in [-0.05, 0) is 51.1 Å². The Labute approximate surface area is 167 Å². The fourth-order valence-corrected chi connectivity index (χ4v) is 4.16. The summed E-state index contributed by atoms with van der Waals surface area (Å²) in [5.74, 6) is 0.714. The van der Waals surface area contributed by atoms with E-state index >= 15 is 0 Å². The first-order valence-corrected chi connectivity index (χ1v) is 9.69. The molecule has 4 rings (SSSR count). The molecule has 0 bridgehead atoms. The van der Waals surface area contributed by atoms with Crippen LogP contribution in [0, 0.1) is 6.92 Å². The lowest BCUT2D eigenvalue weighted by atomic mass is 10.0. The van der Waals surface area contributed by atoms with E-state index in [0.717, 1.165) is 54.5 Å². The maximum absolute atomic E-state index is 12.9. The van der Waals surface area contributed by atoms with Crippen LogP contribution in [0.4, 0.5) is 19.0 Å². The van der Waals surface area contributed by atoms with Gasteiger partial charge in [0, 0.05) is 36.8 Å². The summed E-state index contributed by atoms with van der Waals surface area (Å²) in [7, 11) is 4.06. The van der Waals surface area contributed by atoms with Gasteiger partial charge in [-0.15, -0.1) is 10.2 Å². The van der Waals surface area contributed by atoms with Crippen molar-refractivity contribution in [1.29, 1.82) is 0 Å². The molecule has 0 unspecified atom stereocenters. The van der Waals surface area contributed by atoms with Gasteiger partial charge in [0.1, 0.15) is 5.69 Å². The fraction of sp³-hybridized carbons (Fsp3) is 0.429. The maximum atomic E-state index is 12.9. The monoisotopic (exact) mass is 403 g/mol. The third-order valence-corrected chi connectivity index (χ3v) is 5.53. The van der Waals surface area contributed by atoms with Crippen LogP contribution in [0.2, 0.25) is 0 Å². The zero-order valence-corrected chi connectivity index (χ0v) is 16.7. The molecule has 1 aliphatic rings. The van der Waals surface area contributed by atoms with Crippen LogP contribution in [0.5, 0.6) is 0 Å². The first kappa shape index (κ1) is 19.7. The Balaban J connectivity index is 1.75. The second-order valence-corrected chi connectivity index (χ2v) is 7.86. The minimum Gasteiger partial charge on any atom is -0.363 e. The Bertz CT molecular complexity index is 1020. The molecule has 1 saturated heterocycles. The molecule has 3 heterocycles. The molecule has 0 saturated carbocycles. The lowest BCUT2D eigenvalue weighted by molar-refractivity contribution is -0.137. The van der Waals surface area contributed by atoms with Gasteiger partial charge in [0.15, 0.2) is 5.82 Å². The fourth-order valence-electron chi connectivity index (χ4n) is 4.16. The summed E-state index contributed by atoms with van der Waals surface area (Å²) in [6.07, 6.45) is -0.166. The number of likely N-dealkylation sites (tertiary alicyclic amines) is 1. The lowest BCUT2D eigenvalue weighted by Crippen LogP contribution is -2.40. The van der Waals surface area contributed by atoms with Crippen LogP contribution in [0.25, 0.3) is 22.2 Å². The number of aryl methyl sites for hydroxylation is 2. The molecule has 1 fully saturated rings. The van der Waals surface area contributed by atoms with Gasteiger partial charge in [-0.1, -0.05) is 12.1 Å². The molecule has 2 aromatic heterocycles. The number of aromatic nitrogens is 3. The van der Waals surface area contributed by atoms with Crippen molar-refractivity contribution < 1.29 is 13.2 Å². The number of fused-ring (bicyclic) bond motifs is 1. The molecule has 29 heavy (non-hydrogen) atoms. The normalized spacial score (nSPS) is 18.3. The molecule has 5 nitrogen and oxygen atoms in total. The highest BCUT2D eigenvalue weighted by molar-refractivity contribution is 6.00. The Morgan fingerprint density at radius 2 is 1.83 bits per heavy atom. The van der Waals surface area contributed by atoms with Crippen molar-refractivity contribution in [1.82, 2.24) is 19.7 Å². The zero-order chi connectivity index (χ0) is 20.8. The van der Waals surface area contributed by atoms with E-state index in [0.29, 0.717) is 23.1 Å². The Morgan fingerprint density at radius 3 is 2.48 bits per heavy atom. The molecule has 0 amide bonds. The number of nitrogens with one attached hydrogen (secondary N) is 1. The van der Waals surface area contributed by atoms with Crippen LogP contribution in [-0.4, -0.2) is 45.8 Å². The molecule has 154 valence electrons. The van der Waals surface area contributed by atoms with E-state index in [9.17, 15) is 13.2 Å². The van der Waals surface area contributed by atoms with E-state index in [1.807, 2.05) is 24.7 Å². The van der Waals surface area contributed by atoms with Gasteiger partial charge in [0.05, 0.1) is 11.1 Å². The van der Waals surface area contributed by atoms with Gasteiger partial charge in [0.25, 0.3) is 0 Å². The van der Waals surface area contributed by atoms with Crippen molar-refractivity contribution in [3.05, 3.63) is 41.6 Å². The summed E-state index contributed by atoms with van der Waals surface area (Å²) in [5, 5.41) is 13.3. The quantitative estimate of drug-likeness (QED) is 0.701. The lowest BCUT2D eigenvalue weighted by Gasteiger charge is -2.30. The number of hydrogen-bond donors (Lipinski definition) is 1. The van der Waals surface area contributed by atoms with Gasteiger partial charge in [-0.25, -0.2) is 0 Å². The SMILES string of the molecule is Cc1cn(C)c2c(N[C@@H]3CCCN(C)C3)nnc(-c3ccc(C(F)(F)F)cc3)c12. The van der Waals surface area contributed by atoms with Gasteiger partial charge in [0.2, 0.25) is 0 Å². The number of hydrogen-bond acceptors (Lipinski definition) is 4. The number of rotatable bonds is 3. The summed E-state index contributed by atoms with van der Waals surface area (Å²) >= 11 is 0. The smallest absolute Gasteiger partial charge is 0.363 e. The molecule has 1 aromatic carbocycles. The summed E-state index contributed by atoms with van der Waals surface area (Å²) < 4.78 is 40.7. The number of anilines is 1. The number of nitrogens with zero attached hydrogens (tertiary/aromatic N) is 4. The zero-order valence-electron chi connectivity index (χ0n) is 16.7. The highest BCUT2D eigenvalue weighted by Gasteiger charge is 2.30. The third kappa shape index (κ3) is 3.81. The maximum Gasteiger partial charge on any atom is 0.416 e. The van der Waals surface area contributed by atoms with Gasteiger partial charge in [-0.2, -0.15) is 13.2 Å². The predicted molar refractivity (Wildman–Crippen MR) is 108 cm³/mol. The van der Waals surface area contributed by atoms with E-state index < -0.39 is 11.7 Å². The average Bonchev–Trinajstić information content (AvgIpc) is 2.96. The van der Waals surface area contributed by atoms with Crippen molar-refractivity contribution in [2.75, 3.05) is 25.5 Å². The Morgan fingerprint density at radius 1 is 1.10 bits per heavy atom. The predicted octanol–water partition coefficient (Wildman–Crippen LogP) is 4.47. The van der Waals surface area contributed by atoms with Crippen LogP contribution >= 0.6 is 0 Å². The topological polar surface area (TPSA) is 46.0 Å².